The van der Waals surface area contributed by atoms with Crippen LogP contribution in [0.5, 0.6) is 0 Å². The maximum Gasteiger partial charge on any atom is 0.410 e. The normalized spacial score (nSPS) is 25.7. The summed E-state index contributed by atoms with van der Waals surface area (Å²) >= 11 is 0. The third-order valence-corrected chi connectivity index (χ3v) is 6.72. The average Bonchev–Trinajstić information content (AvgIpc) is 3.38. The number of nitrogens with zero attached hydrogens (tertiary/aromatic N) is 6. The number of ether oxygens (including phenoxy) is 1. The van der Waals surface area contributed by atoms with Crippen molar-refractivity contribution in [2.45, 2.75) is 84.0 Å². The van der Waals surface area contributed by atoms with Crippen LogP contribution in [-0.2, 0) is 4.74 Å². The topological polar surface area (TPSA) is 87.3 Å². The number of amides is 1. The Morgan fingerprint density at radius 2 is 1.94 bits per heavy atom. The van der Waals surface area contributed by atoms with Crippen LogP contribution in [0.4, 0.5) is 19.4 Å². The van der Waals surface area contributed by atoms with Gasteiger partial charge in [0.05, 0.1) is 11.5 Å². The number of anilines is 1. The van der Waals surface area contributed by atoms with Gasteiger partial charge in [-0.25, -0.2) is 23.5 Å². The van der Waals surface area contributed by atoms with E-state index in [1.54, 1.807) is 4.90 Å². The first-order valence-electron chi connectivity index (χ1n) is 11.8. The molecule has 1 aliphatic carbocycles. The predicted molar refractivity (Wildman–Crippen MR) is 124 cm³/mol. The second kappa shape index (κ2) is 9.01. The molecule has 4 rings (SSSR count). The first-order chi connectivity index (χ1) is 16.0. The van der Waals surface area contributed by atoms with Gasteiger partial charge in [-0.05, 0) is 53.9 Å². The van der Waals surface area contributed by atoms with Gasteiger partial charge in [0.15, 0.2) is 0 Å². The number of hydrogen-bond acceptors (Lipinski definition) is 6. The highest BCUT2D eigenvalue weighted by atomic mass is 19.3. The first-order valence-corrected chi connectivity index (χ1v) is 11.8. The fourth-order valence-electron chi connectivity index (χ4n) is 5.08. The van der Waals surface area contributed by atoms with Crippen molar-refractivity contribution in [3.05, 3.63) is 18.1 Å². The van der Waals surface area contributed by atoms with Crippen LogP contribution < -0.4 is 4.90 Å². The van der Waals surface area contributed by atoms with Crippen molar-refractivity contribution >= 4 is 22.9 Å². The van der Waals surface area contributed by atoms with E-state index in [1.165, 1.54) is 12.5 Å². The molecule has 1 saturated carbocycles. The largest absolute Gasteiger partial charge is 0.444 e. The van der Waals surface area contributed by atoms with Crippen LogP contribution in [0.25, 0.3) is 11.0 Å². The Hall–Kier alpha value is -2.96. The van der Waals surface area contributed by atoms with Crippen molar-refractivity contribution in [2.24, 2.45) is 5.92 Å². The minimum absolute atomic E-state index is 0.0391. The molecule has 1 amide bonds. The molecule has 1 aliphatic heterocycles. The lowest BCUT2D eigenvalue weighted by atomic mass is 10.1. The molecule has 184 valence electrons. The van der Waals surface area contributed by atoms with E-state index in [9.17, 15) is 18.8 Å². The van der Waals surface area contributed by atoms with Crippen molar-refractivity contribution < 1.29 is 18.3 Å². The molecule has 1 saturated heterocycles. The number of rotatable bonds is 3. The Bertz CT molecular complexity index is 1110. The van der Waals surface area contributed by atoms with E-state index in [0.29, 0.717) is 36.4 Å². The Kier molecular flexibility index (Phi) is 6.40. The summed E-state index contributed by atoms with van der Waals surface area (Å²) in [5.74, 6) is 0.387. The van der Waals surface area contributed by atoms with Gasteiger partial charge in [0.2, 0.25) is 0 Å². The molecule has 10 heteroatoms. The van der Waals surface area contributed by atoms with Gasteiger partial charge in [0.1, 0.15) is 23.4 Å². The van der Waals surface area contributed by atoms with Crippen LogP contribution in [0, 0.1) is 17.2 Å². The molecule has 8 nitrogen and oxygen atoms in total. The van der Waals surface area contributed by atoms with Crippen LogP contribution in [0.15, 0.2) is 12.5 Å². The van der Waals surface area contributed by atoms with Crippen LogP contribution >= 0.6 is 0 Å². The number of aromatic nitrogens is 3. The Morgan fingerprint density at radius 3 is 2.56 bits per heavy atom. The number of alkyl halides is 2. The second-order valence-corrected chi connectivity index (χ2v) is 10.5. The molecule has 0 radical (unpaired) electrons. The molecule has 2 aliphatic rings. The maximum atomic E-state index is 14.2. The van der Waals surface area contributed by atoms with Gasteiger partial charge in [-0.2, -0.15) is 5.26 Å². The first kappa shape index (κ1) is 24.2. The lowest BCUT2D eigenvalue weighted by molar-refractivity contribution is 0.0130. The molecule has 0 aromatic carbocycles. The lowest BCUT2D eigenvalue weighted by Gasteiger charge is -2.44. The van der Waals surface area contributed by atoms with E-state index in [4.69, 9.17) is 4.74 Å². The third kappa shape index (κ3) is 4.52. The maximum absolute atomic E-state index is 14.2. The van der Waals surface area contributed by atoms with Gasteiger partial charge in [-0.1, -0.05) is 0 Å². The zero-order valence-corrected chi connectivity index (χ0v) is 20.3. The molecule has 2 unspecified atom stereocenters. The van der Waals surface area contributed by atoms with Crippen LogP contribution in [0.2, 0.25) is 0 Å². The van der Waals surface area contributed by atoms with E-state index in [-0.39, 0.29) is 35.7 Å². The molecule has 0 bridgehead atoms. The van der Waals surface area contributed by atoms with Crippen molar-refractivity contribution in [2.75, 3.05) is 18.0 Å². The van der Waals surface area contributed by atoms with E-state index in [2.05, 4.69) is 16.0 Å². The molecule has 34 heavy (non-hydrogen) atoms. The van der Waals surface area contributed by atoms with Crippen molar-refractivity contribution in [1.29, 1.82) is 5.26 Å². The van der Waals surface area contributed by atoms with Gasteiger partial charge < -0.3 is 19.1 Å². The fourth-order valence-corrected chi connectivity index (χ4v) is 5.08. The summed E-state index contributed by atoms with van der Waals surface area (Å²) in [6.45, 7) is 10.2. The van der Waals surface area contributed by atoms with Crippen molar-refractivity contribution in [3.8, 4) is 6.07 Å². The molecule has 0 N–H and O–H groups in total. The summed E-state index contributed by atoms with van der Waals surface area (Å²) in [7, 11) is 0. The summed E-state index contributed by atoms with van der Waals surface area (Å²) in [6, 6.07) is 1.90. The fraction of sp³-hybridized carbons (Fsp3) is 0.667. The lowest BCUT2D eigenvalue weighted by Crippen LogP contribution is -2.59. The number of carbonyl (C=O) groups excluding carboxylic acids is 1. The van der Waals surface area contributed by atoms with Crippen molar-refractivity contribution in [1.82, 2.24) is 19.4 Å². The van der Waals surface area contributed by atoms with Gasteiger partial charge in [-0.15, -0.1) is 0 Å². The summed E-state index contributed by atoms with van der Waals surface area (Å²) in [6.07, 6.45) is 1.98. The Labute approximate surface area is 198 Å². The van der Waals surface area contributed by atoms with Gasteiger partial charge >= 0.3 is 6.09 Å². The quantitative estimate of drug-likeness (QED) is 0.617. The minimum Gasteiger partial charge on any atom is -0.444 e. The highest BCUT2D eigenvalue weighted by Gasteiger charge is 2.37. The highest BCUT2D eigenvalue weighted by Crippen LogP contribution is 2.41. The number of halogens is 2. The number of fused-ring (bicyclic) bond motifs is 1. The Morgan fingerprint density at radius 1 is 1.21 bits per heavy atom. The number of carbonyl (C=O) groups is 1. The molecule has 2 aromatic rings. The number of hydrogen-bond donors (Lipinski definition) is 0. The summed E-state index contributed by atoms with van der Waals surface area (Å²) in [5, 5.41) is 9.63. The zero-order chi connectivity index (χ0) is 24.8. The van der Waals surface area contributed by atoms with Gasteiger partial charge in [0, 0.05) is 48.9 Å². The van der Waals surface area contributed by atoms with E-state index in [0.717, 1.165) is 12.8 Å². The zero-order valence-electron chi connectivity index (χ0n) is 20.3. The standard InChI is InChI=1S/C24H32F2N6O2/c1-14-11-31(23(33)34-24(3,4)5)15(2)10-30(14)21-19-18(20(25)26)12-32(22(19)29-13-28-21)17-7-6-16(8-17)9-27/h12-17,20H,6-8,10-11H2,1-5H3/t14-,15+,16?,17?/m0/s1. The van der Waals surface area contributed by atoms with E-state index >= 15 is 0 Å². The summed E-state index contributed by atoms with van der Waals surface area (Å²) in [4.78, 5) is 25.2. The van der Waals surface area contributed by atoms with Crippen molar-refractivity contribution in [3.63, 3.8) is 0 Å². The monoisotopic (exact) mass is 474 g/mol. The molecule has 2 aromatic heterocycles. The SMILES string of the molecule is C[C@@H]1CN(c2ncnc3c2c(C(F)F)cn3C2CCC(C#N)C2)[C@@H](C)CN1C(=O)OC(C)(C)C. The Balaban J connectivity index is 1.69. The summed E-state index contributed by atoms with van der Waals surface area (Å²) < 4.78 is 35.7. The van der Waals surface area contributed by atoms with Crippen LogP contribution in [0.3, 0.4) is 0 Å². The molecular weight excluding hydrogens is 442 g/mol. The third-order valence-electron chi connectivity index (χ3n) is 6.72. The van der Waals surface area contributed by atoms with Crippen LogP contribution in [0.1, 0.15) is 71.9 Å². The molecule has 0 spiro atoms. The molecular formula is C24H32F2N6O2. The van der Waals surface area contributed by atoms with E-state index in [1.807, 2.05) is 44.1 Å². The van der Waals surface area contributed by atoms with E-state index < -0.39 is 12.0 Å². The average molecular weight is 475 g/mol. The number of nitriles is 1. The smallest absolute Gasteiger partial charge is 0.410 e. The minimum atomic E-state index is -2.68. The van der Waals surface area contributed by atoms with Gasteiger partial charge in [0.25, 0.3) is 6.43 Å². The van der Waals surface area contributed by atoms with Gasteiger partial charge in [-0.3, -0.25) is 0 Å². The summed E-state index contributed by atoms with van der Waals surface area (Å²) in [5.41, 5.74) is -0.227. The highest BCUT2D eigenvalue weighted by molar-refractivity contribution is 5.92. The molecule has 2 fully saturated rings. The van der Waals surface area contributed by atoms with Crippen LogP contribution in [-0.4, -0.2) is 56.3 Å². The number of piperazine rings is 1. The second-order valence-electron chi connectivity index (χ2n) is 10.5. The molecule has 4 atom stereocenters. The molecule has 3 heterocycles. The predicted octanol–water partition coefficient (Wildman–Crippen LogP) is 5.07.